The molecule has 0 aliphatic heterocycles. The van der Waals surface area contributed by atoms with Crippen LogP contribution in [0, 0.1) is 3.95 Å². The fraction of sp³-hybridized carbons (Fsp3) is 0.438. The Morgan fingerprint density at radius 3 is 2.88 bits per heavy atom. The Bertz CT molecular complexity index is 742. The number of thioether (sulfide) groups is 1. The van der Waals surface area contributed by atoms with Crippen LogP contribution in [0.5, 0.6) is 5.75 Å². The molecule has 8 heteroatoms. The van der Waals surface area contributed by atoms with Gasteiger partial charge in [0.15, 0.2) is 19.5 Å². The molecule has 1 aromatic heterocycles. The minimum atomic E-state index is -0.483. The first-order valence-electron chi connectivity index (χ1n) is 7.73. The molecule has 1 aromatic carbocycles. The van der Waals surface area contributed by atoms with Gasteiger partial charge in [-0.15, -0.1) is 0 Å². The third-order valence-corrected chi connectivity index (χ3v) is 5.70. The number of benzene rings is 1. The number of aromatic amines is 1. The first-order valence-corrected chi connectivity index (χ1v) is 9.83. The molecule has 2 N–H and O–H groups in total. The maximum Gasteiger partial charge on any atom is 0.188 e. The number of hydrogen-bond acceptors (Lipinski definition) is 7. The van der Waals surface area contributed by atoms with E-state index in [-0.39, 0.29) is 11.2 Å². The van der Waals surface area contributed by atoms with Crippen LogP contribution in [0.15, 0.2) is 22.5 Å². The fourth-order valence-corrected chi connectivity index (χ4v) is 4.32. The maximum absolute atomic E-state index is 11.7. The van der Waals surface area contributed by atoms with Gasteiger partial charge in [0.1, 0.15) is 12.4 Å². The number of rotatable bonds is 9. The number of aromatic nitrogens is 2. The Kier molecular flexibility index (Phi) is 7.41. The second-order valence-corrected chi connectivity index (χ2v) is 8.18. The summed E-state index contributed by atoms with van der Waals surface area (Å²) >= 11 is 8.00. The van der Waals surface area contributed by atoms with Gasteiger partial charge in [0, 0.05) is 5.56 Å². The average Bonchev–Trinajstić information content (AvgIpc) is 3.00. The van der Waals surface area contributed by atoms with Gasteiger partial charge >= 0.3 is 0 Å². The molecule has 130 valence electrons. The molecule has 0 aliphatic rings. The second kappa shape index (κ2) is 9.31. The Balaban J connectivity index is 2.19. The van der Waals surface area contributed by atoms with Crippen LogP contribution in [0.1, 0.15) is 42.6 Å². The molecule has 0 bridgehead atoms. The number of carbonyl (C=O) groups excluding carboxylic acids is 1. The lowest BCUT2D eigenvalue weighted by Gasteiger charge is -2.18. The standard InChI is InChI=1S/C16H20N2O3S3/c1-3-5-11-8-10(12(20)9-19)6-7-13(11)21-14(4-2)23-16-18-17-15(22)24-16/h6-8,14,19H,3-5,9H2,1-2H3,(H,17,22). The van der Waals surface area contributed by atoms with Crippen LogP contribution < -0.4 is 4.74 Å². The summed E-state index contributed by atoms with van der Waals surface area (Å²) in [4.78, 5) is 11.7. The summed E-state index contributed by atoms with van der Waals surface area (Å²) in [6, 6.07) is 5.32. The smallest absolute Gasteiger partial charge is 0.188 e. The van der Waals surface area contributed by atoms with Gasteiger partial charge in [-0.05, 0) is 60.6 Å². The number of ketones is 1. The SMILES string of the molecule is CCCc1cc(C(=O)CO)ccc1OC(CC)Sc1n[nH]c(=S)s1. The van der Waals surface area contributed by atoms with Crippen LogP contribution in [0.3, 0.4) is 0 Å². The van der Waals surface area contributed by atoms with E-state index in [0.29, 0.717) is 9.52 Å². The molecule has 0 saturated heterocycles. The Hall–Kier alpha value is -1.22. The molecule has 0 aliphatic carbocycles. The van der Waals surface area contributed by atoms with Gasteiger partial charge < -0.3 is 9.84 Å². The van der Waals surface area contributed by atoms with E-state index in [2.05, 4.69) is 17.1 Å². The normalized spacial score (nSPS) is 12.1. The van der Waals surface area contributed by atoms with E-state index >= 15 is 0 Å². The minimum absolute atomic E-state index is 0.0889. The van der Waals surface area contributed by atoms with E-state index in [1.165, 1.54) is 23.1 Å². The fourth-order valence-electron chi connectivity index (χ4n) is 2.14. The average molecular weight is 385 g/mol. The number of nitrogens with one attached hydrogen (secondary N) is 1. The number of hydrogen-bond donors (Lipinski definition) is 2. The van der Waals surface area contributed by atoms with Crippen molar-refractivity contribution >= 4 is 41.1 Å². The maximum atomic E-state index is 11.7. The number of carbonyl (C=O) groups is 1. The lowest BCUT2D eigenvalue weighted by molar-refractivity contribution is 0.0903. The number of nitrogens with zero attached hydrogens (tertiary/aromatic N) is 1. The highest BCUT2D eigenvalue weighted by molar-refractivity contribution is 8.01. The number of aliphatic hydroxyl groups excluding tert-OH is 1. The third-order valence-electron chi connectivity index (χ3n) is 3.29. The van der Waals surface area contributed by atoms with Gasteiger partial charge in [0.05, 0.1) is 0 Å². The number of aryl methyl sites for hydroxylation is 1. The molecule has 24 heavy (non-hydrogen) atoms. The Labute approximate surface area is 154 Å². The van der Waals surface area contributed by atoms with E-state index in [1.807, 2.05) is 19.1 Å². The highest BCUT2D eigenvalue weighted by atomic mass is 32.2. The molecular weight excluding hydrogens is 364 g/mol. The highest BCUT2D eigenvalue weighted by Gasteiger charge is 2.16. The molecular formula is C16H20N2O3S3. The Morgan fingerprint density at radius 2 is 2.29 bits per heavy atom. The third kappa shape index (κ3) is 5.14. The van der Waals surface area contributed by atoms with E-state index in [0.717, 1.165) is 34.9 Å². The topological polar surface area (TPSA) is 75.2 Å². The Morgan fingerprint density at radius 1 is 1.50 bits per heavy atom. The molecule has 1 atom stereocenters. The number of H-pyrrole nitrogens is 1. The second-order valence-electron chi connectivity index (χ2n) is 5.11. The quantitative estimate of drug-likeness (QED) is 0.292. The molecule has 0 radical (unpaired) electrons. The van der Waals surface area contributed by atoms with Crippen LogP contribution in [0.25, 0.3) is 0 Å². The van der Waals surface area contributed by atoms with E-state index in [1.54, 1.807) is 6.07 Å². The molecule has 0 fully saturated rings. The number of Topliss-reactive ketones (excluding diaryl/α,β-unsaturated/α-hetero) is 1. The predicted octanol–water partition coefficient (Wildman–Crippen LogP) is 4.24. The van der Waals surface area contributed by atoms with Crippen molar-refractivity contribution in [2.24, 2.45) is 0 Å². The van der Waals surface area contributed by atoms with Crippen molar-refractivity contribution in [2.75, 3.05) is 6.61 Å². The summed E-state index contributed by atoms with van der Waals surface area (Å²) in [7, 11) is 0. The van der Waals surface area contributed by atoms with Crippen LogP contribution in [-0.4, -0.2) is 33.1 Å². The van der Waals surface area contributed by atoms with Crippen molar-refractivity contribution in [2.45, 2.75) is 42.9 Å². The van der Waals surface area contributed by atoms with Crippen molar-refractivity contribution in [1.82, 2.24) is 10.2 Å². The van der Waals surface area contributed by atoms with Crippen molar-refractivity contribution in [3.05, 3.63) is 33.3 Å². The summed E-state index contributed by atoms with van der Waals surface area (Å²) in [5.41, 5.74) is 1.40. The van der Waals surface area contributed by atoms with E-state index in [9.17, 15) is 4.79 Å². The van der Waals surface area contributed by atoms with Crippen LogP contribution in [-0.2, 0) is 6.42 Å². The summed E-state index contributed by atoms with van der Waals surface area (Å²) in [5.74, 6) is 0.487. The molecule has 2 rings (SSSR count). The first kappa shape index (κ1) is 19.1. The molecule has 5 nitrogen and oxygen atoms in total. The van der Waals surface area contributed by atoms with Gasteiger partial charge in [0.2, 0.25) is 0 Å². The summed E-state index contributed by atoms with van der Waals surface area (Å²) < 4.78 is 7.62. The van der Waals surface area contributed by atoms with Crippen LogP contribution >= 0.6 is 35.3 Å². The zero-order valence-corrected chi connectivity index (χ0v) is 16.0. The van der Waals surface area contributed by atoms with Gasteiger partial charge in [0.25, 0.3) is 0 Å². The van der Waals surface area contributed by atoms with Crippen molar-refractivity contribution in [3.63, 3.8) is 0 Å². The lowest BCUT2D eigenvalue weighted by Crippen LogP contribution is -2.13. The van der Waals surface area contributed by atoms with Crippen molar-refractivity contribution in [1.29, 1.82) is 0 Å². The number of aliphatic hydroxyl groups is 1. The molecule has 1 heterocycles. The van der Waals surface area contributed by atoms with E-state index < -0.39 is 6.61 Å². The molecule has 1 unspecified atom stereocenters. The zero-order chi connectivity index (χ0) is 17.5. The van der Waals surface area contributed by atoms with Crippen molar-refractivity contribution < 1.29 is 14.6 Å². The van der Waals surface area contributed by atoms with Crippen LogP contribution in [0.4, 0.5) is 0 Å². The van der Waals surface area contributed by atoms with Crippen LogP contribution in [0.2, 0.25) is 0 Å². The van der Waals surface area contributed by atoms with Gasteiger partial charge in [-0.3, -0.25) is 9.89 Å². The van der Waals surface area contributed by atoms with Gasteiger partial charge in [-0.1, -0.05) is 31.6 Å². The van der Waals surface area contributed by atoms with Crippen molar-refractivity contribution in [3.8, 4) is 5.75 Å². The largest absolute Gasteiger partial charge is 0.479 e. The van der Waals surface area contributed by atoms with Gasteiger partial charge in [-0.25, -0.2) is 0 Å². The summed E-state index contributed by atoms with van der Waals surface area (Å²) in [6.45, 7) is 3.64. The lowest BCUT2D eigenvalue weighted by atomic mass is 10.0. The zero-order valence-electron chi connectivity index (χ0n) is 13.6. The molecule has 0 spiro atoms. The monoisotopic (exact) mass is 384 g/mol. The summed E-state index contributed by atoms with van der Waals surface area (Å²) in [5, 5.41) is 15.9. The molecule has 2 aromatic rings. The van der Waals surface area contributed by atoms with E-state index in [4.69, 9.17) is 22.1 Å². The summed E-state index contributed by atoms with van der Waals surface area (Å²) in [6.07, 6.45) is 2.56. The van der Waals surface area contributed by atoms with Gasteiger partial charge in [-0.2, -0.15) is 5.10 Å². The minimum Gasteiger partial charge on any atom is -0.479 e. The number of ether oxygens (including phenoxy) is 1. The first-order chi connectivity index (χ1) is 11.6. The molecule has 0 amide bonds. The predicted molar refractivity (Wildman–Crippen MR) is 99.7 cm³/mol. The molecule has 0 saturated carbocycles. The highest BCUT2D eigenvalue weighted by Crippen LogP contribution is 2.31.